The summed E-state index contributed by atoms with van der Waals surface area (Å²) in [5, 5.41) is 3.65. The van der Waals surface area contributed by atoms with Crippen molar-refractivity contribution < 1.29 is 0 Å². The molecular formula is C16H24N2. The SMILES string of the molecule is CN(CC1CCCC1)CC1Cc2ccccc2N1. The van der Waals surface area contributed by atoms with Gasteiger partial charge in [0.2, 0.25) is 0 Å². The molecule has 0 saturated heterocycles. The molecule has 0 amide bonds. The lowest BCUT2D eigenvalue weighted by Gasteiger charge is -2.24. The molecule has 3 rings (SSSR count). The Morgan fingerprint density at radius 1 is 1.17 bits per heavy atom. The summed E-state index contributed by atoms with van der Waals surface area (Å²) in [6, 6.07) is 9.32. The highest BCUT2D eigenvalue weighted by atomic mass is 15.1. The van der Waals surface area contributed by atoms with Crippen LogP contribution >= 0.6 is 0 Å². The van der Waals surface area contributed by atoms with Crippen molar-refractivity contribution in [2.45, 2.75) is 38.1 Å². The number of anilines is 1. The quantitative estimate of drug-likeness (QED) is 0.875. The summed E-state index contributed by atoms with van der Waals surface area (Å²) >= 11 is 0. The first-order valence-corrected chi connectivity index (χ1v) is 7.34. The Balaban J connectivity index is 1.49. The molecule has 1 aliphatic carbocycles. The van der Waals surface area contributed by atoms with Crippen LogP contribution in [-0.4, -0.2) is 31.1 Å². The van der Waals surface area contributed by atoms with Crippen LogP contribution in [0, 0.1) is 5.92 Å². The van der Waals surface area contributed by atoms with Crippen molar-refractivity contribution in [3.8, 4) is 0 Å². The van der Waals surface area contributed by atoms with E-state index in [1.807, 2.05) is 0 Å². The predicted octanol–water partition coefficient (Wildman–Crippen LogP) is 3.15. The predicted molar refractivity (Wildman–Crippen MR) is 77.0 cm³/mol. The molecule has 1 aromatic carbocycles. The zero-order valence-electron chi connectivity index (χ0n) is 11.4. The zero-order chi connectivity index (χ0) is 12.4. The molecule has 0 spiro atoms. The Morgan fingerprint density at radius 3 is 2.72 bits per heavy atom. The van der Waals surface area contributed by atoms with E-state index in [4.69, 9.17) is 0 Å². The number of nitrogens with one attached hydrogen (secondary N) is 1. The summed E-state index contributed by atoms with van der Waals surface area (Å²) in [7, 11) is 2.28. The van der Waals surface area contributed by atoms with Crippen LogP contribution in [0.3, 0.4) is 0 Å². The average molecular weight is 244 g/mol. The molecule has 98 valence electrons. The van der Waals surface area contributed by atoms with E-state index in [-0.39, 0.29) is 0 Å². The van der Waals surface area contributed by atoms with E-state index in [0.717, 1.165) is 5.92 Å². The molecule has 1 unspecified atom stereocenters. The number of likely N-dealkylation sites (N-methyl/N-ethyl adjacent to an activating group) is 1. The minimum Gasteiger partial charge on any atom is -0.380 e. The van der Waals surface area contributed by atoms with Crippen LogP contribution in [0.4, 0.5) is 5.69 Å². The van der Waals surface area contributed by atoms with Gasteiger partial charge in [-0.15, -0.1) is 0 Å². The van der Waals surface area contributed by atoms with E-state index in [1.165, 1.54) is 56.4 Å². The molecule has 18 heavy (non-hydrogen) atoms. The Labute approximate surface area is 110 Å². The second-order valence-electron chi connectivity index (χ2n) is 6.07. The first-order chi connectivity index (χ1) is 8.81. The highest BCUT2D eigenvalue weighted by molar-refractivity contribution is 5.56. The fourth-order valence-corrected chi connectivity index (χ4v) is 3.57. The summed E-state index contributed by atoms with van der Waals surface area (Å²) < 4.78 is 0. The van der Waals surface area contributed by atoms with Crippen LogP contribution in [0.2, 0.25) is 0 Å². The number of rotatable bonds is 4. The normalized spacial score (nSPS) is 23.3. The Kier molecular flexibility index (Phi) is 3.55. The number of hydrogen-bond donors (Lipinski definition) is 1. The summed E-state index contributed by atoms with van der Waals surface area (Å²) in [6.07, 6.45) is 6.98. The van der Waals surface area contributed by atoms with Gasteiger partial charge >= 0.3 is 0 Å². The molecule has 1 saturated carbocycles. The van der Waals surface area contributed by atoms with E-state index in [9.17, 15) is 0 Å². The van der Waals surface area contributed by atoms with Gasteiger partial charge in [-0.2, -0.15) is 0 Å². The molecule has 2 aliphatic rings. The Hall–Kier alpha value is -1.02. The second kappa shape index (κ2) is 5.31. The molecule has 2 heteroatoms. The summed E-state index contributed by atoms with van der Waals surface area (Å²) in [4.78, 5) is 2.53. The van der Waals surface area contributed by atoms with Crippen LogP contribution < -0.4 is 5.32 Å². The highest BCUT2D eigenvalue weighted by Gasteiger charge is 2.23. The molecule has 1 aliphatic heterocycles. The lowest BCUT2D eigenvalue weighted by Crippen LogP contribution is -2.35. The third-order valence-electron chi connectivity index (χ3n) is 4.42. The largest absolute Gasteiger partial charge is 0.380 e. The smallest absolute Gasteiger partial charge is 0.0429 e. The van der Waals surface area contributed by atoms with E-state index >= 15 is 0 Å². The van der Waals surface area contributed by atoms with E-state index in [1.54, 1.807) is 0 Å². The third-order valence-corrected chi connectivity index (χ3v) is 4.42. The zero-order valence-corrected chi connectivity index (χ0v) is 11.4. The van der Waals surface area contributed by atoms with Crippen molar-refractivity contribution in [3.63, 3.8) is 0 Å². The summed E-state index contributed by atoms with van der Waals surface area (Å²) in [6.45, 7) is 2.46. The third kappa shape index (κ3) is 2.69. The first kappa shape index (κ1) is 12.0. The van der Waals surface area contributed by atoms with Crippen molar-refractivity contribution >= 4 is 5.69 Å². The average Bonchev–Trinajstić information content (AvgIpc) is 2.96. The van der Waals surface area contributed by atoms with Gasteiger partial charge in [-0.05, 0) is 43.9 Å². The fourth-order valence-electron chi connectivity index (χ4n) is 3.57. The lowest BCUT2D eigenvalue weighted by atomic mass is 10.1. The number of hydrogen-bond acceptors (Lipinski definition) is 2. The molecule has 2 nitrogen and oxygen atoms in total. The maximum Gasteiger partial charge on any atom is 0.0429 e. The highest BCUT2D eigenvalue weighted by Crippen LogP contribution is 2.27. The van der Waals surface area contributed by atoms with E-state index in [0.29, 0.717) is 6.04 Å². The van der Waals surface area contributed by atoms with Gasteiger partial charge in [-0.25, -0.2) is 0 Å². The van der Waals surface area contributed by atoms with Gasteiger partial charge in [0, 0.05) is 24.8 Å². The van der Waals surface area contributed by atoms with Gasteiger partial charge in [-0.3, -0.25) is 0 Å². The topological polar surface area (TPSA) is 15.3 Å². The van der Waals surface area contributed by atoms with Crippen molar-refractivity contribution in [2.75, 3.05) is 25.5 Å². The first-order valence-electron chi connectivity index (χ1n) is 7.34. The van der Waals surface area contributed by atoms with Crippen molar-refractivity contribution in [3.05, 3.63) is 29.8 Å². The number of nitrogens with zero attached hydrogens (tertiary/aromatic N) is 1. The van der Waals surface area contributed by atoms with Crippen molar-refractivity contribution in [1.82, 2.24) is 4.90 Å². The maximum absolute atomic E-state index is 3.65. The Bertz CT molecular complexity index is 371. The van der Waals surface area contributed by atoms with Crippen LogP contribution in [0.25, 0.3) is 0 Å². The van der Waals surface area contributed by atoms with E-state index in [2.05, 4.69) is 41.5 Å². The molecule has 1 atom stereocenters. The minimum atomic E-state index is 0.605. The summed E-state index contributed by atoms with van der Waals surface area (Å²) in [5.74, 6) is 0.957. The molecule has 0 radical (unpaired) electrons. The minimum absolute atomic E-state index is 0.605. The van der Waals surface area contributed by atoms with Crippen molar-refractivity contribution in [1.29, 1.82) is 0 Å². The van der Waals surface area contributed by atoms with Crippen LogP contribution in [-0.2, 0) is 6.42 Å². The van der Waals surface area contributed by atoms with Crippen molar-refractivity contribution in [2.24, 2.45) is 5.92 Å². The standard InChI is InChI=1S/C16H24N2/c1-18(11-13-6-2-3-7-13)12-15-10-14-8-4-5-9-16(14)17-15/h4-5,8-9,13,15,17H,2-3,6-7,10-12H2,1H3. The molecular weight excluding hydrogens is 220 g/mol. The molecule has 0 bridgehead atoms. The van der Waals surface area contributed by atoms with Gasteiger partial charge in [0.1, 0.15) is 0 Å². The second-order valence-corrected chi connectivity index (χ2v) is 6.07. The maximum atomic E-state index is 3.65. The number of para-hydroxylation sites is 1. The molecule has 1 N–H and O–H groups in total. The van der Waals surface area contributed by atoms with Crippen LogP contribution in [0.15, 0.2) is 24.3 Å². The monoisotopic (exact) mass is 244 g/mol. The molecule has 0 aromatic heterocycles. The molecule has 1 aromatic rings. The fraction of sp³-hybridized carbons (Fsp3) is 0.625. The van der Waals surface area contributed by atoms with E-state index < -0.39 is 0 Å². The number of benzene rings is 1. The lowest BCUT2D eigenvalue weighted by molar-refractivity contribution is 0.269. The van der Waals surface area contributed by atoms with Gasteiger partial charge < -0.3 is 10.2 Å². The van der Waals surface area contributed by atoms with Gasteiger partial charge in [0.15, 0.2) is 0 Å². The van der Waals surface area contributed by atoms with Gasteiger partial charge in [0.05, 0.1) is 0 Å². The summed E-state index contributed by atoms with van der Waals surface area (Å²) in [5.41, 5.74) is 2.83. The van der Waals surface area contributed by atoms with Gasteiger partial charge in [-0.1, -0.05) is 31.0 Å². The molecule has 1 fully saturated rings. The van der Waals surface area contributed by atoms with Gasteiger partial charge in [0.25, 0.3) is 0 Å². The van der Waals surface area contributed by atoms with Crippen LogP contribution in [0.5, 0.6) is 0 Å². The Morgan fingerprint density at radius 2 is 1.94 bits per heavy atom. The number of fused-ring (bicyclic) bond motifs is 1. The van der Waals surface area contributed by atoms with Crippen LogP contribution in [0.1, 0.15) is 31.2 Å². The molecule has 1 heterocycles.